The summed E-state index contributed by atoms with van der Waals surface area (Å²) < 4.78 is 4.99. The molecule has 0 fully saturated rings. The summed E-state index contributed by atoms with van der Waals surface area (Å²) in [5.74, 6) is -0.335. The fourth-order valence-corrected chi connectivity index (χ4v) is 3.42. The van der Waals surface area contributed by atoms with Gasteiger partial charge in [0.1, 0.15) is 0 Å². The van der Waals surface area contributed by atoms with E-state index in [1.807, 2.05) is 0 Å². The van der Waals surface area contributed by atoms with Crippen molar-refractivity contribution in [3.63, 3.8) is 0 Å². The van der Waals surface area contributed by atoms with Crippen LogP contribution < -0.4 is 4.90 Å². The number of nitrogens with zero attached hydrogens (tertiary/aromatic N) is 2. The van der Waals surface area contributed by atoms with E-state index in [2.05, 4.69) is 34.1 Å². The van der Waals surface area contributed by atoms with Gasteiger partial charge in [-0.1, -0.05) is 24.3 Å². The molecule has 2 heterocycles. The first-order valence-corrected chi connectivity index (χ1v) is 8.10. The standard InChI is InChI=1S/C16H18N2O2S/c1-2-20-15(19)14-11-21-16(17-14)18-9-7-12-5-3-4-6-13(12)8-10-18/h3-6,11H,2,7-10H2,1H3. The van der Waals surface area contributed by atoms with E-state index in [0.29, 0.717) is 12.3 Å². The van der Waals surface area contributed by atoms with Crippen LogP contribution >= 0.6 is 11.3 Å². The van der Waals surface area contributed by atoms with Gasteiger partial charge in [0, 0.05) is 18.5 Å². The van der Waals surface area contributed by atoms with Crippen LogP contribution in [0.1, 0.15) is 28.5 Å². The highest BCUT2D eigenvalue weighted by molar-refractivity contribution is 7.13. The number of thiazole rings is 1. The first-order valence-electron chi connectivity index (χ1n) is 7.22. The van der Waals surface area contributed by atoms with Crippen LogP contribution in [-0.2, 0) is 17.6 Å². The lowest BCUT2D eigenvalue weighted by Gasteiger charge is -2.18. The summed E-state index contributed by atoms with van der Waals surface area (Å²) in [4.78, 5) is 18.4. The molecule has 0 spiro atoms. The Morgan fingerprint density at radius 1 is 1.29 bits per heavy atom. The number of benzene rings is 1. The molecule has 0 atom stereocenters. The molecule has 5 heteroatoms. The van der Waals surface area contributed by atoms with E-state index in [4.69, 9.17) is 4.74 Å². The number of esters is 1. The van der Waals surface area contributed by atoms with Crippen LogP contribution in [0.5, 0.6) is 0 Å². The van der Waals surface area contributed by atoms with Gasteiger partial charge in [0.15, 0.2) is 10.8 Å². The van der Waals surface area contributed by atoms with Crippen molar-refractivity contribution in [3.8, 4) is 0 Å². The maximum Gasteiger partial charge on any atom is 0.357 e. The minimum Gasteiger partial charge on any atom is -0.461 e. The zero-order chi connectivity index (χ0) is 14.7. The summed E-state index contributed by atoms with van der Waals surface area (Å²) in [7, 11) is 0. The van der Waals surface area contributed by atoms with Crippen molar-refractivity contribution in [1.29, 1.82) is 0 Å². The molecule has 4 nitrogen and oxygen atoms in total. The Kier molecular flexibility index (Phi) is 4.20. The first kappa shape index (κ1) is 14.1. The summed E-state index contributed by atoms with van der Waals surface area (Å²) in [5, 5.41) is 2.69. The van der Waals surface area contributed by atoms with Gasteiger partial charge in [-0.25, -0.2) is 9.78 Å². The van der Waals surface area contributed by atoms with Crippen LogP contribution in [0.4, 0.5) is 5.13 Å². The van der Waals surface area contributed by atoms with E-state index in [1.54, 1.807) is 12.3 Å². The Morgan fingerprint density at radius 3 is 2.57 bits per heavy atom. The summed E-state index contributed by atoms with van der Waals surface area (Å²) in [6.07, 6.45) is 2.04. The molecular weight excluding hydrogens is 284 g/mol. The molecule has 1 aliphatic heterocycles. The van der Waals surface area contributed by atoms with E-state index >= 15 is 0 Å². The predicted octanol–water partition coefficient (Wildman–Crippen LogP) is 2.93. The van der Waals surface area contributed by atoms with Crippen LogP contribution in [0.15, 0.2) is 29.6 Å². The van der Waals surface area contributed by atoms with Crippen molar-refractivity contribution in [2.75, 3.05) is 24.6 Å². The summed E-state index contributed by atoms with van der Waals surface area (Å²) in [6, 6.07) is 8.59. The molecule has 3 rings (SSSR count). The monoisotopic (exact) mass is 302 g/mol. The second-order valence-electron chi connectivity index (χ2n) is 4.99. The highest BCUT2D eigenvalue weighted by Gasteiger charge is 2.18. The maximum absolute atomic E-state index is 11.7. The molecule has 0 saturated heterocycles. The lowest BCUT2D eigenvalue weighted by Crippen LogP contribution is -2.26. The fraction of sp³-hybridized carbons (Fsp3) is 0.375. The van der Waals surface area contributed by atoms with E-state index in [0.717, 1.165) is 31.1 Å². The van der Waals surface area contributed by atoms with Gasteiger partial charge in [-0.2, -0.15) is 0 Å². The molecule has 1 aliphatic rings. The van der Waals surface area contributed by atoms with Crippen molar-refractivity contribution in [2.24, 2.45) is 0 Å². The molecule has 0 N–H and O–H groups in total. The van der Waals surface area contributed by atoms with Gasteiger partial charge in [0.2, 0.25) is 0 Å². The number of carbonyl (C=O) groups is 1. The normalized spacial score (nSPS) is 14.4. The van der Waals surface area contributed by atoms with Crippen molar-refractivity contribution in [3.05, 3.63) is 46.5 Å². The zero-order valence-corrected chi connectivity index (χ0v) is 12.9. The maximum atomic E-state index is 11.7. The number of fused-ring (bicyclic) bond motifs is 1. The number of aromatic nitrogens is 1. The molecule has 0 unspecified atom stereocenters. The third-order valence-electron chi connectivity index (χ3n) is 3.67. The number of hydrogen-bond donors (Lipinski definition) is 0. The van der Waals surface area contributed by atoms with Crippen LogP contribution in [-0.4, -0.2) is 30.6 Å². The lowest BCUT2D eigenvalue weighted by molar-refractivity contribution is 0.0520. The molecule has 0 aliphatic carbocycles. The Balaban J connectivity index is 1.73. The quantitative estimate of drug-likeness (QED) is 0.818. The molecule has 1 aromatic heterocycles. The number of hydrogen-bond acceptors (Lipinski definition) is 5. The Hall–Kier alpha value is -1.88. The minimum absolute atomic E-state index is 0.335. The molecule has 2 aromatic rings. The molecule has 0 amide bonds. The summed E-state index contributed by atoms with van der Waals surface area (Å²) >= 11 is 1.51. The SMILES string of the molecule is CCOC(=O)c1csc(N2CCc3ccccc3CC2)n1. The van der Waals surface area contributed by atoms with Crippen LogP contribution in [0.3, 0.4) is 0 Å². The topological polar surface area (TPSA) is 42.4 Å². The molecule has 1 aromatic carbocycles. The lowest BCUT2D eigenvalue weighted by atomic mass is 10.0. The van der Waals surface area contributed by atoms with Gasteiger partial charge >= 0.3 is 5.97 Å². The summed E-state index contributed by atoms with van der Waals surface area (Å²) in [6.45, 7) is 4.06. The first-order chi connectivity index (χ1) is 10.3. The van der Waals surface area contributed by atoms with Crippen molar-refractivity contribution >= 4 is 22.4 Å². The van der Waals surface area contributed by atoms with Crippen molar-refractivity contribution < 1.29 is 9.53 Å². The smallest absolute Gasteiger partial charge is 0.357 e. The fourth-order valence-electron chi connectivity index (χ4n) is 2.57. The number of ether oxygens (including phenoxy) is 1. The number of anilines is 1. The number of carbonyl (C=O) groups excluding carboxylic acids is 1. The van der Waals surface area contributed by atoms with E-state index in [-0.39, 0.29) is 5.97 Å². The van der Waals surface area contributed by atoms with Crippen LogP contribution in [0.2, 0.25) is 0 Å². The van der Waals surface area contributed by atoms with Gasteiger partial charge in [0.05, 0.1) is 6.61 Å². The third-order valence-corrected chi connectivity index (χ3v) is 4.57. The van der Waals surface area contributed by atoms with E-state index in [1.165, 1.54) is 22.5 Å². The second-order valence-corrected chi connectivity index (χ2v) is 5.83. The Morgan fingerprint density at radius 2 is 1.95 bits per heavy atom. The minimum atomic E-state index is -0.335. The van der Waals surface area contributed by atoms with Crippen molar-refractivity contribution in [1.82, 2.24) is 4.98 Å². The largest absolute Gasteiger partial charge is 0.461 e. The Bertz CT molecular complexity index is 612. The molecule has 21 heavy (non-hydrogen) atoms. The zero-order valence-electron chi connectivity index (χ0n) is 12.0. The van der Waals surface area contributed by atoms with Crippen LogP contribution in [0, 0.1) is 0 Å². The van der Waals surface area contributed by atoms with Crippen LogP contribution in [0.25, 0.3) is 0 Å². The molecule has 110 valence electrons. The highest BCUT2D eigenvalue weighted by atomic mass is 32.1. The molecule has 0 saturated carbocycles. The van der Waals surface area contributed by atoms with Gasteiger partial charge in [-0.15, -0.1) is 11.3 Å². The van der Waals surface area contributed by atoms with Gasteiger partial charge in [0.25, 0.3) is 0 Å². The summed E-state index contributed by atoms with van der Waals surface area (Å²) in [5.41, 5.74) is 3.25. The predicted molar refractivity (Wildman–Crippen MR) is 84.1 cm³/mol. The molecule has 0 radical (unpaired) electrons. The molecular formula is C16H18N2O2S. The second kappa shape index (κ2) is 6.26. The number of rotatable bonds is 3. The average Bonchev–Trinajstić information content (AvgIpc) is 2.89. The van der Waals surface area contributed by atoms with Gasteiger partial charge in [-0.3, -0.25) is 0 Å². The van der Waals surface area contributed by atoms with E-state index < -0.39 is 0 Å². The average molecular weight is 302 g/mol. The van der Waals surface area contributed by atoms with Crippen molar-refractivity contribution in [2.45, 2.75) is 19.8 Å². The molecule has 0 bridgehead atoms. The highest BCUT2D eigenvalue weighted by Crippen LogP contribution is 2.24. The Labute approximate surface area is 128 Å². The van der Waals surface area contributed by atoms with Gasteiger partial charge in [-0.05, 0) is 30.9 Å². The van der Waals surface area contributed by atoms with E-state index in [9.17, 15) is 4.79 Å². The third kappa shape index (κ3) is 3.08. The van der Waals surface area contributed by atoms with Gasteiger partial charge < -0.3 is 9.64 Å².